The molecule has 2 aromatic rings. The van der Waals surface area contributed by atoms with Crippen molar-refractivity contribution in [2.45, 2.75) is 13.8 Å². The fourth-order valence-electron chi connectivity index (χ4n) is 2.27. The molecule has 1 aromatic heterocycles. The van der Waals surface area contributed by atoms with Crippen molar-refractivity contribution in [2.24, 2.45) is 4.99 Å². The highest BCUT2D eigenvalue weighted by atomic mass is 32.2. The van der Waals surface area contributed by atoms with E-state index >= 15 is 0 Å². The van der Waals surface area contributed by atoms with Gasteiger partial charge in [0.25, 0.3) is 0 Å². The van der Waals surface area contributed by atoms with Gasteiger partial charge in [0.05, 0.1) is 17.2 Å². The molecule has 0 amide bonds. The fraction of sp³-hybridized carbons (Fsp3) is 0.158. The van der Waals surface area contributed by atoms with E-state index in [0.717, 1.165) is 4.88 Å². The number of nitrogens with zero attached hydrogens (tertiary/aromatic N) is 1. The lowest BCUT2D eigenvalue weighted by atomic mass is 10.2. The Labute approximate surface area is 154 Å². The number of thioether (sulfide) groups is 1. The van der Waals surface area contributed by atoms with Gasteiger partial charge >= 0.3 is 5.97 Å². The number of ether oxygens (including phenoxy) is 1. The van der Waals surface area contributed by atoms with Crippen LogP contribution in [0.2, 0.25) is 0 Å². The van der Waals surface area contributed by atoms with Crippen LogP contribution < -0.4 is 0 Å². The number of rotatable bonds is 4. The van der Waals surface area contributed by atoms with Crippen LogP contribution in [0.5, 0.6) is 0 Å². The zero-order valence-electron chi connectivity index (χ0n) is 13.9. The number of esters is 1. The maximum atomic E-state index is 12.3. The first-order chi connectivity index (χ1) is 12.1. The lowest BCUT2D eigenvalue weighted by molar-refractivity contribution is -0.138. The van der Waals surface area contributed by atoms with Crippen LogP contribution in [0.3, 0.4) is 0 Å². The molecule has 2 heterocycles. The molecule has 0 atom stereocenters. The number of aliphatic hydroxyl groups is 1. The van der Waals surface area contributed by atoms with Gasteiger partial charge in [0.15, 0.2) is 0 Å². The summed E-state index contributed by atoms with van der Waals surface area (Å²) in [6, 6.07) is 13.3. The zero-order valence-corrected chi connectivity index (χ0v) is 15.5. The van der Waals surface area contributed by atoms with Crippen molar-refractivity contribution in [3.63, 3.8) is 0 Å². The number of thiophene rings is 1. The Morgan fingerprint density at radius 1 is 1.24 bits per heavy atom. The van der Waals surface area contributed by atoms with Crippen LogP contribution in [-0.2, 0) is 9.53 Å². The van der Waals surface area contributed by atoms with Crippen LogP contribution >= 0.6 is 23.1 Å². The van der Waals surface area contributed by atoms with Crippen LogP contribution in [0, 0.1) is 6.92 Å². The third-order valence-electron chi connectivity index (χ3n) is 3.39. The summed E-state index contributed by atoms with van der Waals surface area (Å²) in [6.45, 7) is 4.00. The molecule has 6 heteroatoms. The number of hydrogen-bond donors (Lipinski definition) is 1. The van der Waals surface area contributed by atoms with Gasteiger partial charge in [0, 0.05) is 9.75 Å². The first-order valence-corrected chi connectivity index (χ1v) is 9.42. The van der Waals surface area contributed by atoms with Gasteiger partial charge in [-0.05, 0) is 44.2 Å². The summed E-state index contributed by atoms with van der Waals surface area (Å²) in [5.74, 6) is -0.642. The number of hydrogen-bond acceptors (Lipinski definition) is 6. The summed E-state index contributed by atoms with van der Waals surface area (Å²) in [7, 11) is 0. The maximum absolute atomic E-state index is 12.3. The van der Waals surface area contributed by atoms with Crippen molar-refractivity contribution < 1.29 is 14.6 Å². The Bertz CT molecular complexity index is 879. The number of aliphatic hydroxyl groups excluding tert-OH is 1. The van der Waals surface area contributed by atoms with E-state index < -0.39 is 5.97 Å². The van der Waals surface area contributed by atoms with Gasteiger partial charge in [-0.25, -0.2) is 9.79 Å². The van der Waals surface area contributed by atoms with Crippen LogP contribution in [0.15, 0.2) is 63.7 Å². The summed E-state index contributed by atoms with van der Waals surface area (Å²) < 4.78 is 5.09. The second-order valence-electron chi connectivity index (χ2n) is 5.26. The first kappa shape index (κ1) is 17.5. The highest BCUT2D eigenvalue weighted by Gasteiger charge is 2.33. The van der Waals surface area contributed by atoms with E-state index in [1.165, 1.54) is 16.6 Å². The summed E-state index contributed by atoms with van der Waals surface area (Å²) in [6.07, 6.45) is 1.87. The number of aryl methyl sites for hydroxylation is 1. The number of carbonyl (C=O) groups is 1. The Morgan fingerprint density at radius 3 is 2.64 bits per heavy atom. The minimum atomic E-state index is -0.562. The average molecular weight is 371 g/mol. The summed E-state index contributed by atoms with van der Waals surface area (Å²) in [4.78, 5) is 19.6. The molecule has 0 bridgehead atoms. The Balaban J connectivity index is 2.02. The zero-order chi connectivity index (χ0) is 17.8. The molecular formula is C19H17NO3S2. The normalized spacial score (nSPS) is 17.5. The van der Waals surface area contributed by atoms with E-state index in [9.17, 15) is 9.90 Å². The molecule has 0 saturated heterocycles. The highest BCUT2D eigenvalue weighted by molar-refractivity contribution is 8.18. The van der Waals surface area contributed by atoms with Crippen LogP contribution in [-0.4, -0.2) is 22.7 Å². The summed E-state index contributed by atoms with van der Waals surface area (Å²) in [5, 5.41) is 11.0. The Morgan fingerprint density at radius 2 is 2.00 bits per heavy atom. The van der Waals surface area contributed by atoms with Crippen molar-refractivity contribution in [2.75, 3.05) is 6.61 Å². The quantitative estimate of drug-likeness (QED) is 0.746. The molecule has 1 N–H and O–H groups in total. The largest absolute Gasteiger partial charge is 0.506 e. The van der Waals surface area contributed by atoms with Crippen molar-refractivity contribution in [3.8, 4) is 0 Å². The summed E-state index contributed by atoms with van der Waals surface area (Å²) in [5.41, 5.74) is 0.836. The molecule has 4 nitrogen and oxygen atoms in total. The predicted octanol–water partition coefficient (Wildman–Crippen LogP) is 5.25. The number of para-hydroxylation sites is 1. The Kier molecular flexibility index (Phi) is 5.40. The molecule has 0 spiro atoms. The van der Waals surface area contributed by atoms with E-state index in [0.29, 0.717) is 15.6 Å². The number of benzene rings is 1. The molecular weight excluding hydrogens is 354 g/mol. The molecule has 1 aliphatic rings. The van der Waals surface area contributed by atoms with Crippen molar-refractivity contribution >= 4 is 45.9 Å². The first-order valence-electron chi connectivity index (χ1n) is 7.79. The smallest absolute Gasteiger partial charge is 0.344 e. The van der Waals surface area contributed by atoms with E-state index in [4.69, 9.17) is 4.74 Å². The van der Waals surface area contributed by atoms with E-state index in [-0.39, 0.29) is 17.9 Å². The van der Waals surface area contributed by atoms with Crippen molar-refractivity contribution in [1.82, 2.24) is 0 Å². The predicted molar refractivity (Wildman–Crippen MR) is 104 cm³/mol. The van der Waals surface area contributed by atoms with Gasteiger partial charge in [0.2, 0.25) is 0 Å². The SMILES string of the molecule is CCOC(=O)C1=C(O)/C(=C\c2ccc(C)s2)SC1=Nc1ccccc1. The molecule has 0 radical (unpaired) electrons. The van der Waals surface area contributed by atoms with E-state index in [1.807, 2.05) is 55.5 Å². The van der Waals surface area contributed by atoms with E-state index in [1.54, 1.807) is 18.3 Å². The monoisotopic (exact) mass is 371 g/mol. The standard InChI is InChI=1S/C19H17NO3S2/c1-3-23-19(22)16-17(21)15(11-14-10-9-12(2)24-14)25-18(16)20-13-7-5-4-6-8-13/h4-11,21H,3H2,1-2H3/b15-11+,20-18?. The van der Waals surface area contributed by atoms with Gasteiger partial charge in [-0.15, -0.1) is 11.3 Å². The highest BCUT2D eigenvalue weighted by Crippen LogP contribution is 2.40. The van der Waals surface area contributed by atoms with E-state index in [2.05, 4.69) is 4.99 Å². The fourth-order valence-corrected chi connectivity index (χ4v) is 4.19. The lowest BCUT2D eigenvalue weighted by Gasteiger charge is -2.03. The molecule has 1 aromatic carbocycles. The molecule has 3 rings (SSSR count). The lowest BCUT2D eigenvalue weighted by Crippen LogP contribution is -2.12. The van der Waals surface area contributed by atoms with Crippen LogP contribution in [0.25, 0.3) is 6.08 Å². The molecule has 0 saturated carbocycles. The summed E-state index contributed by atoms with van der Waals surface area (Å²) >= 11 is 2.90. The maximum Gasteiger partial charge on any atom is 0.344 e. The molecule has 0 aliphatic carbocycles. The second-order valence-corrected chi connectivity index (χ2v) is 7.61. The van der Waals surface area contributed by atoms with Gasteiger partial charge in [-0.1, -0.05) is 30.0 Å². The van der Waals surface area contributed by atoms with Crippen molar-refractivity contribution in [3.05, 3.63) is 68.5 Å². The minimum absolute atomic E-state index is 0.0795. The molecule has 128 valence electrons. The number of aliphatic imine (C=N–C) groups is 1. The van der Waals surface area contributed by atoms with Gasteiger partial charge in [0.1, 0.15) is 16.4 Å². The average Bonchev–Trinajstić information content (AvgIpc) is 3.13. The third kappa shape index (κ3) is 4.03. The minimum Gasteiger partial charge on any atom is -0.506 e. The molecule has 25 heavy (non-hydrogen) atoms. The molecule has 1 aliphatic heterocycles. The van der Waals surface area contributed by atoms with Gasteiger partial charge in [-0.2, -0.15) is 0 Å². The van der Waals surface area contributed by atoms with Crippen molar-refractivity contribution in [1.29, 1.82) is 0 Å². The van der Waals surface area contributed by atoms with Crippen LogP contribution in [0.4, 0.5) is 5.69 Å². The molecule has 0 unspecified atom stereocenters. The van der Waals surface area contributed by atoms with Gasteiger partial charge < -0.3 is 9.84 Å². The number of carbonyl (C=O) groups excluding carboxylic acids is 1. The molecule has 0 fully saturated rings. The van der Waals surface area contributed by atoms with Gasteiger partial charge in [-0.3, -0.25) is 0 Å². The Hall–Kier alpha value is -2.31. The topological polar surface area (TPSA) is 58.9 Å². The van der Waals surface area contributed by atoms with Crippen LogP contribution in [0.1, 0.15) is 16.7 Å². The third-order valence-corrected chi connectivity index (χ3v) is 5.36. The second kappa shape index (κ2) is 7.72.